The van der Waals surface area contributed by atoms with Gasteiger partial charge in [0.1, 0.15) is 0 Å². The number of carboxylic acid groups (broad SMARTS) is 1. The molecule has 0 bridgehead atoms. The zero-order valence-corrected chi connectivity index (χ0v) is 11.7. The molecule has 1 saturated carbocycles. The van der Waals surface area contributed by atoms with Gasteiger partial charge >= 0.3 is 5.97 Å². The zero-order chi connectivity index (χ0) is 13.3. The number of aliphatic carboxylic acids is 1. The SMILES string of the molecule is CCN(C1CCC(C)(C)C1)C1COCC1C(=O)O. The molecular weight excluding hydrogens is 230 g/mol. The largest absolute Gasteiger partial charge is 0.481 e. The van der Waals surface area contributed by atoms with Gasteiger partial charge in [0.05, 0.1) is 19.1 Å². The standard InChI is InChI=1S/C14H25NO3/c1-4-15(10-5-6-14(2,3)7-10)12-9-18-8-11(12)13(16)17/h10-12H,4-9H2,1-3H3,(H,16,17). The van der Waals surface area contributed by atoms with Crippen LogP contribution in [0.2, 0.25) is 0 Å². The van der Waals surface area contributed by atoms with Crippen LogP contribution >= 0.6 is 0 Å². The summed E-state index contributed by atoms with van der Waals surface area (Å²) in [6.45, 7) is 8.59. The smallest absolute Gasteiger partial charge is 0.310 e. The normalized spacial score (nSPS) is 35.2. The summed E-state index contributed by atoms with van der Waals surface area (Å²) in [6.07, 6.45) is 3.59. The lowest BCUT2D eigenvalue weighted by atomic mass is 9.91. The molecule has 4 heteroatoms. The van der Waals surface area contributed by atoms with Crippen LogP contribution in [0, 0.1) is 11.3 Å². The second-order valence-electron chi connectivity index (χ2n) is 6.44. The van der Waals surface area contributed by atoms with Crippen LogP contribution in [-0.2, 0) is 9.53 Å². The maximum absolute atomic E-state index is 11.3. The Morgan fingerprint density at radius 2 is 2.17 bits per heavy atom. The third kappa shape index (κ3) is 2.69. The summed E-state index contributed by atoms with van der Waals surface area (Å²) in [5.74, 6) is -1.07. The first-order chi connectivity index (χ1) is 8.44. The highest BCUT2D eigenvalue weighted by molar-refractivity contribution is 5.71. The number of carboxylic acids is 1. The Kier molecular flexibility index (Phi) is 3.97. The molecule has 1 heterocycles. The minimum Gasteiger partial charge on any atom is -0.481 e. The van der Waals surface area contributed by atoms with Gasteiger partial charge in [0.2, 0.25) is 0 Å². The van der Waals surface area contributed by atoms with Crippen LogP contribution in [0.5, 0.6) is 0 Å². The van der Waals surface area contributed by atoms with Crippen LogP contribution in [0.4, 0.5) is 0 Å². The molecule has 2 rings (SSSR count). The van der Waals surface area contributed by atoms with Crippen LogP contribution < -0.4 is 0 Å². The van der Waals surface area contributed by atoms with E-state index in [2.05, 4.69) is 25.7 Å². The maximum atomic E-state index is 11.3. The van der Waals surface area contributed by atoms with Gasteiger partial charge in [0.25, 0.3) is 0 Å². The van der Waals surface area contributed by atoms with E-state index in [1.165, 1.54) is 19.3 Å². The van der Waals surface area contributed by atoms with Crippen molar-refractivity contribution < 1.29 is 14.6 Å². The third-order valence-corrected chi connectivity index (χ3v) is 4.57. The monoisotopic (exact) mass is 255 g/mol. The Morgan fingerprint density at radius 1 is 1.44 bits per heavy atom. The predicted molar refractivity (Wildman–Crippen MR) is 69.5 cm³/mol. The average molecular weight is 255 g/mol. The zero-order valence-electron chi connectivity index (χ0n) is 11.7. The molecule has 18 heavy (non-hydrogen) atoms. The third-order valence-electron chi connectivity index (χ3n) is 4.57. The van der Waals surface area contributed by atoms with Gasteiger partial charge in [-0.1, -0.05) is 20.8 Å². The van der Waals surface area contributed by atoms with Gasteiger partial charge < -0.3 is 9.84 Å². The predicted octanol–water partition coefficient (Wildman–Crippen LogP) is 1.99. The molecule has 0 spiro atoms. The second kappa shape index (κ2) is 5.17. The summed E-state index contributed by atoms with van der Waals surface area (Å²) >= 11 is 0. The first-order valence-electron chi connectivity index (χ1n) is 7.01. The Bertz CT molecular complexity index is 316. The molecule has 3 unspecified atom stereocenters. The first-order valence-corrected chi connectivity index (χ1v) is 7.01. The van der Waals surface area contributed by atoms with E-state index >= 15 is 0 Å². The maximum Gasteiger partial charge on any atom is 0.310 e. The van der Waals surface area contributed by atoms with Crippen LogP contribution in [0.25, 0.3) is 0 Å². The van der Waals surface area contributed by atoms with E-state index in [1.54, 1.807) is 0 Å². The van der Waals surface area contributed by atoms with E-state index in [-0.39, 0.29) is 12.0 Å². The molecule has 1 saturated heterocycles. The average Bonchev–Trinajstić information content (AvgIpc) is 2.87. The highest BCUT2D eigenvalue weighted by Crippen LogP contribution is 2.40. The molecule has 0 aromatic carbocycles. The summed E-state index contributed by atoms with van der Waals surface area (Å²) in [5.41, 5.74) is 0.399. The molecule has 0 radical (unpaired) electrons. The van der Waals surface area contributed by atoms with Crippen molar-refractivity contribution in [2.24, 2.45) is 11.3 Å². The van der Waals surface area contributed by atoms with E-state index in [0.29, 0.717) is 24.7 Å². The molecule has 3 atom stereocenters. The number of hydrogen-bond donors (Lipinski definition) is 1. The van der Waals surface area contributed by atoms with E-state index in [4.69, 9.17) is 4.74 Å². The summed E-state index contributed by atoms with van der Waals surface area (Å²) in [6, 6.07) is 0.588. The summed E-state index contributed by atoms with van der Waals surface area (Å²) in [5, 5.41) is 9.27. The summed E-state index contributed by atoms with van der Waals surface area (Å²) in [7, 11) is 0. The molecule has 104 valence electrons. The van der Waals surface area contributed by atoms with Crippen molar-refractivity contribution in [2.75, 3.05) is 19.8 Å². The topological polar surface area (TPSA) is 49.8 Å². The van der Waals surface area contributed by atoms with Crippen LogP contribution in [-0.4, -0.2) is 47.8 Å². The van der Waals surface area contributed by atoms with E-state index < -0.39 is 5.97 Å². The molecule has 0 aromatic rings. The molecule has 2 aliphatic rings. The molecule has 1 N–H and O–H groups in total. The van der Waals surface area contributed by atoms with Gasteiger partial charge in [-0.2, -0.15) is 0 Å². The summed E-state index contributed by atoms with van der Waals surface area (Å²) in [4.78, 5) is 13.6. The quantitative estimate of drug-likeness (QED) is 0.834. The fourth-order valence-corrected chi connectivity index (χ4v) is 3.55. The van der Waals surface area contributed by atoms with Crippen molar-refractivity contribution in [2.45, 2.75) is 52.1 Å². The minimum absolute atomic E-state index is 0.0615. The van der Waals surface area contributed by atoms with E-state index in [1.807, 2.05) is 0 Å². The lowest BCUT2D eigenvalue weighted by Crippen LogP contribution is -2.48. The number of likely N-dealkylation sites (N-methyl/N-ethyl adjacent to an activating group) is 1. The lowest BCUT2D eigenvalue weighted by molar-refractivity contribution is -0.143. The number of ether oxygens (including phenoxy) is 1. The second-order valence-corrected chi connectivity index (χ2v) is 6.44. The highest BCUT2D eigenvalue weighted by Gasteiger charge is 2.43. The first kappa shape index (κ1) is 13.8. The van der Waals surface area contributed by atoms with Crippen molar-refractivity contribution in [3.8, 4) is 0 Å². The number of carbonyl (C=O) groups is 1. The molecule has 2 fully saturated rings. The van der Waals surface area contributed by atoms with Gasteiger partial charge in [0, 0.05) is 12.1 Å². The Labute approximate surface area is 109 Å². The molecule has 4 nitrogen and oxygen atoms in total. The molecular formula is C14H25NO3. The van der Waals surface area contributed by atoms with Gasteiger partial charge in [0.15, 0.2) is 0 Å². The van der Waals surface area contributed by atoms with Crippen LogP contribution in [0.1, 0.15) is 40.0 Å². The summed E-state index contributed by atoms with van der Waals surface area (Å²) < 4.78 is 5.40. The fourth-order valence-electron chi connectivity index (χ4n) is 3.55. The van der Waals surface area contributed by atoms with Gasteiger partial charge in [-0.3, -0.25) is 9.69 Å². The van der Waals surface area contributed by atoms with E-state index in [0.717, 1.165) is 6.54 Å². The van der Waals surface area contributed by atoms with Gasteiger partial charge in [-0.15, -0.1) is 0 Å². The van der Waals surface area contributed by atoms with Crippen LogP contribution in [0.3, 0.4) is 0 Å². The highest BCUT2D eigenvalue weighted by atomic mass is 16.5. The number of rotatable bonds is 4. The lowest BCUT2D eigenvalue weighted by Gasteiger charge is -2.35. The minimum atomic E-state index is -0.715. The molecule has 0 aromatic heterocycles. The van der Waals surface area contributed by atoms with Crippen LogP contribution in [0.15, 0.2) is 0 Å². The van der Waals surface area contributed by atoms with Gasteiger partial charge in [-0.25, -0.2) is 0 Å². The Hall–Kier alpha value is -0.610. The Balaban J connectivity index is 2.07. The van der Waals surface area contributed by atoms with Crippen molar-refractivity contribution in [3.63, 3.8) is 0 Å². The van der Waals surface area contributed by atoms with Crippen molar-refractivity contribution in [3.05, 3.63) is 0 Å². The molecule has 1 aliphatic heterocycles. The Morgan fingerprint density at radius 3 is 2.67 bits per heavy atom. The number of nitrogens with zero attached hydrogens (tertiary/aromatic N) is 1. The van der Waals surface area contributed by atoms with E-state index in [9.17, 15) is 9.90 Å². The molecule has 1 aliphatic carbocycles. The van der Waals surface area contributed by atoms with Crippen molar-refractivity contribution >= 4 is 5.97 Å². The van der Waals surface area contributed by atoms with Gasteiger partial charge in [-0.05, 0) is 31.2 Å². The number of hydrogen-bond acceptors (Lipinski definition) is 3. The fraction of sp³-hybridized carbons (Fsp3) is 0.929. The molecule has 0 amide bonds. The van der Waals surface area contributed by atoms with Crippen molar-refractivity contribution in [1.82, 2.24) is 4.90 Å². The van der Waals surface area contributed by atoms with Crippen molar-refractivity contribution in [1.29, 1.82) is 0 Å².